The van der Waals surface area contributed by atoms with Gasteiger partial charge in [0.1, 0.15) is 5.82 Å². The van der Waals surface area contributed by atoms with E-state index in [4.69, 9.17) is 4.74 Å². The number of aryl methyl sites for hydroxylation is 2. The number of hydrogen-bond donors (Lipinski definition) is 1. The van der Waals surface area contributed by atoms with Gasteiger partial charge in [0.15, 0.2) is 0 Å². The molecule has 7 nitrogen and oxygen atoms in total. The molecule has 0 fully saturated rings. The van der Waals surface area contributed by atoms with Crippen molar-refractivity contribution in [3.8, 4) is 11.4 Å². The molecule has 0 unspecified atom stereocenters. The van der Waals surface area contributed by atoms with Crippen LogP contribution in [0.1, 0.15) is 27.3 Å². The summed E-state index contributed by atoms with van der Waals surface area (Å²) in [5.74, 6) is 0.626. The molecule has 1 aromatic carbocycles. The van der Waals surface area contributed by atoms with Crippen LogP contribution in [0.4, 0.5) is 0 Å². The van der Waals surface area contributed by atoms with E-state index in [0.717, 1.165) is 22.5 Å². The number of nitrogens with one attached hydrogen (secondary N) is 1. The molecule has 0 saturated heterocycles. The molecule has 1 amide bonds. The van der Waals surface area contributed by atoms with Crippen molar-refractivity contribution in [2.45, 2.75) is 20.4 Å². The molecule has 1 N–H and O–H groups in total. The Hall–Kier alpha value is -2.93. The average molecular weight is 367 g/mol. The first-order valence-corrected chi connectivity index (χ1v) is 8.89. The fourth-order valence-electron chi connectivity index (χ4n) is 3.15. The summed E-state index contributed by atoms with van der Waals surface area (Å²) in [7, 11) is 3.55. The van der Waals surface area contributed by atoms with Crippen molar-refractivity contribution in [1.82, 2.24) is 24.6 Å². The summed E-state index contributed by atoms with van der Waals surface area (Å²) >= 11 is 0. The molecule has 3 aromatic rings. The number of carbonyl (C=O) groups is 1. The number of carbonyl (C=O) groups excluding carboxylic acids is 1. The minimum absolute atomic E-state index is 0.0540. The second-order valence-electron chi connectivity index (χ2n) is 6.48. The van der Waals surface area contributed by atoms with E-state index in [-0.39, 0.29) is 5.91 Å². The molecule has 0 aliphatic rings. The lowest BCUT2D eigenvalue weighted by molar-refractivity contribution is 0.0680. The average Bonchev–Trinajstić information content (AvgIpc) is 3.28. The number of H-pyrrole nitrogens is 1. The molecule has 0 saturated carbocycles. The Morgan fingerprint density at radius 1 is 1.30 bits per heavy atom. The van der Waals surface area contributed by atoms with Crippen molar-refractivity contribution < 1.29 is 9.53 Å². The van der Waals surface area contributed by atoms with Gasteiger partial charge in [-0.15, -0.1) is 0 Å². The highest BCUT2D eigenvalue weighted by atomic mass is 16.5. The minimum atomic E-state index is -0.0540. The van der Waals surface area contributed by atoms with Crippen LogP contribution in [0.15, 0.2) is 36.7 Å². The van der Waals surface area contributed by atoms with Crippen LogP contribution in [0.25, 0.3) is 11.4 Å². The van der Waals surface area contributed by atoms with Gasteiger partial charge in [-0.05, 0) is 19.9 Å². The highest BCUT2D eigenvalue weighted by molar-refractivity contribution is 6.00. The molecule has 0 radical (unpaired) electrons. The zero-order chi connectivity index (χ0) is 19.4. The number of benzene rings is 1. The topological polar surface area (TPSA) is 76.0 Å². The summed E-state index contributed by atoms with van der Waals surface area (Å²) in [6.45, 7) is 5.44. The van der Waals surface area contributed by atoms with E-state index in [0.29, 0.717) is 31.1 Å². The van der Waals surface area contributed by atoms with Gasteiger partial charge in [0.05, 0.1) is 17.9 Å². The number of hydrogen-bond acceptors (Lipinski definition) is 4. The van der Waals surface area contributed by atoms with Crippen molar-refractivity contribution in [2.75, 3.05) is 20.3 Å². The van der Waals surface area contributed by atoms with Crippen LogP contribution in [-0.2, 0) is 18.3 Å². The normalized spacial score (nSPS) is 11.0. The van der Waals surface area contributed by atoms with Crippen LogP contribution in [0.2, 0.25) is 0 Å². The van der Waals surface area contributed by atoms with Crippen LogP contribution in [0.3, 0.4) is 0 Å². The Morgan fingerprint density at radius 3 is 2.70 bits per heavy atom. The summed E-state index contributed by atoms with van der Waals surface area (Å²) in [5, 5.41) is 4.47. The van der Waals surface area contributed by atoms with Gasteiger partial charge in [-0.3, -0.25) is 9.48 Å². The number of rotatable bonds is 7. The van der Waals surface area contributed by atoms with Crippen molar-refractivity contribution in [3.63, 3.8) is 0 Å². The maximum Gasteiger partial charge on any atom is 0.254 e. The fourth-order valence-corrected chi connectivity index (χ4v) is 3.15. The predicted molar refractivity (Wildman–Crippen MR) is 103 cm³/mol. The van der Waals surface area contributed by atoms with E-state index in [1.165, 1.54) is 0 Å². The SMILES string of the molecule is COCCN(Cc1c(C)nn(C)c1C)C(=O)c1ccccc1-c1ncc[nH]1. The molecule has 2 heterocycles. The monoisotopic (exact) mass is 367 g/mol. The Labute approximate surface area is 159 Å². The number of ether oxygens (including phenoxy) is 1. The number of methoxy groups -OCH3 is 1. The van der Waals surface area contributed by atoms with Gasteiger partial charge in [-0.25, -0.2) is 4.98 Å². The molecule has 3 rings (SSSR count). The number of nitrogens with zero attached hydrogens (tertiary/aromatic N) is 4. The van der Waals surface area contributed by atoms with E-state index in [9.17, 15) is 4.79 Å². The van der Waals surface area contributed by atoms with Gasteiger partial charge in [-0.1, -0.05) is 18.2 Å². The summed E-state index contributed by atoms with van der Waals surface area (Å²) in [5.41, 5.74) is 4.46. The molecule has 0 spiro atoms. The highest BCUT2D eigenvalue weighted by Crippen LogP contribution is 2.23. The van der Waals surface area contributed by atoms with Crippen molar-refractivity contribution in [2.24, 2.45) is 7.05 Å². The largest absolute Gasteiger partial charge is 0.383 e. The number of aromatic amines is 1. The maximum absolute atomic E-state index is 13.4. The van der Waals surface area contributed by atoms with Gasteiger partial charge in [0.25, 0.3) is 5.91 Å². The van der Waals surface area contributed by atoms with Crippen LogP contribution in [0, 0.1) is 13.8 Å². The molecule has 7 heteroatoms. The Morgan fingerprint density at radius 2 is 2.07 bits per heavy atom. The van der Waals surface area contributed by atoms with Crippen molar-refractivity contribution in [3.05, 3.63) is 59.2 Å². The second-order valence-corrected chi connectivity index (χ2v) is 6.48. The fraction of sp³-hybridized carbons (Fsp3) is 0.350. The van der Waals surface area contributed by atoms with Crippen LogP contribution in [0.5, 0.6) is 0 Å². The third-order valence-electron chi connectivity index (χ3n) is 4.77. The van der Waals surface area contributed by atoms with E-state index in [1.54, 1.807) is 19.5 Å². The number of aromatic nitrogens is 4. The quantitative estimate of drug-likeness (QED) is 0.697. The zero-order valence-electron chi connectivity index (χ0n) is 16.2. The van der Waals surface area contributed by atoms with Gasteiger partial charge < -0.3 is 14.6 Å². The van der Waals surface area contributed by atoms with E-state index < -0.39 is 0 Å². The minimum Gasteiger partial charge on any atom is -0.383 e. The molecular weight excluding hydrogens is 342 g/mol. The lowest BCUT2D eigenvalue weighted by Crippen LogP contribution is -2.34. The Kier molecular flexibility index (Phi) is 5.71. The maximum atomic E-state index is 13.4. The van der Waals surface area contributed by atoms with E-state index in [1.807, 2.05) is 54.7 Å². The second kappa shape index (κ2) is 8.18. The Balaban J connectivity index is 1.95. The Bertz CT molecular complexity index is 915. The first kappa shape index (κ1) is 18.8. The highest BCUT2D eigenvalue weighted by Gasteiger charge is 2.22. The molecule has 2 aromatic heterocycles. The molecule has 0 atom stereocenters. The predicted octanol–water partition coefficient (Wildman–Crippen LogP) is 2.72. The molecule has 27 heavy (non-hydrogen) atoms. The van der Waals surface area contributed by atoms with Crippen LogP contribution < -0.4 is 0 Å². The van der Waals surface area contributed by atoms with Crippen molar-refractivity contribution >= 4 is 5.91 Å². The summed E-state index contributed by atoms with van der Waals surface area (Å²) < 4.78 is 7.08. The third kappa shape index (κ3) is 3.93. The van der Waals surface area contributed by atoms with E-state index >= 15 is 0 Å². The number of imidazole rings is 1. The van der Waals surface area contributed by atoms with Gasteiger partial charge >= 0.3 is 0 Å². The molecule has 0 bridgehead atoms. The first-order chi connectivity index (χ1) is 13.0. The molecule has 0 aliphatic heterocycles. The van der Waals surface area contributed by atoms with Crippen LogP contribution in [-0.4, -0.2) is 50.8 Å². The third-order valence-corrected chi connectivity index (χ3v) is 4.77. The van der Waals surface area contributed by atoms with Crippen LogP contribution >= 0.6 is 0 Å². The summed E-state index contributed by atoms with van der Waals surface area (Å²) in [4.78, 5) is 22.6. The number of amides is 1. The molecular formula is C20H25N5O2. The van der Waals surface area contributed by atoms with Gasteiger partial charge in [0.2, 0.25) is 0 Å². The van der Waals surface area contributed by atoms with Gasteiger partial charge in [0, 0.05) is 56.5 Å². The van der Waals surface area contributed by atoms with Gasteiger partial charge in [-0.2, -0.15) is 5.10 Å². The lowest BCUT2D eigenvalue weighted by Gasteiger charge is -2.24. The standard InChI is InChI=1S/C20H25N5O2/c1-14-18(15(2)24(3)23-14)13-25(11-12-27-4)20(26)17-8-6-5-7-16(17)19-21-9-10-22-19/h5-10H,11-13H2,1-4H3,(H,21,22). The van der Waals surface area contributed by atoms with Crippen molar-refractivity contribution in [1.29, 1.82) is 0 Å². The summed E-state index contributed by atoms with van der Waals surface area (Å²) in [6, 6.07) is 7.52. The molecule has 142 valence electrons. The first-order valence-electron chi connectivity index (χ1n) is 8.89. The smallest absolute Gasteiger partial charge is 0.254 e. The zero-order valence-corrected chi connectivity index (χ0v) is 16.2. The summed E-state index contributed by atoms with van der Waals surface area (Å²) in [6.07, 6.45) is 3.43. The van der Waals surface area contributed by atoms with E-state index in [2.05, 4.69) is 15.1 Å². The molecule has 0 aliphatic carbocycles. The lowest BCUT2D eigenvalue weighted by atomic mass is 10.0.